The fourth-order valence-electron chi connectivity index (χ4n) is 2.09. The second-order valence-corrected chi connectivity index (χ2v) is 8.71. The van der Waals surface area contributed by atoms with Gasteiger partial charge in [-0.25, -0.2) is 0 Å². The van der Waals surface area contributed by atoms with E-state index in [0.29, 0.717) is 0 Å². The molecule has 1 unspecified atom stereocenters. The summed E-state index contributed by atoms with van der Waals surface area (Å²) in [5, 5.41) is 0. The Morgan fingerprint density at radius 1 is 1.08 bits per heavy atom. The van der Waals surface area contributed by atoms with Gasteiger partial charge in [0.05, 0.1) is 0 Å². The molecule has 0 bridgehead atoms. The summed E-state index contributed by atoms with van der Waals surface area (Å²) in [4.78, 5) is 7.09. The summed E-state index contributed by atoms with van der Waals surface area (Å²) in [7, 11) is 2.76. The zero-order valence-corrected chi connectivity index (χ0v) is 10.4. The molecule has 74 valence electrons. The van der Waals surface area contributed by atoms with Crippen LogP contribution >= 0.6 is 0 Å². The summed E-state index contributed by atoms with van der Waals surface area (Å²) >= 11 is 0. The molecule has 0 spiro atoms. The van der Waals surface area contributed by atoms with Crippen molar-refractivity contribution >= 4 is 8.40 Å². The molecule has 0 rings (SSSR count). The van der Waals surface area contributed by atoms with Crippen molar-refractivity contribution in [3.05, 3.63) is 0 Å². The minimum atomic E-state index is -1.42. The molecule has 2 N–H and O–H groups in total. The van der Waals surface area contributed by atoms with E-state index in [1.165, 1.54) is 6.42 Å². The Morgan fingerprint density at radius 2 is 1.50 bits per heavy atom. The van der Waals surface area contributed by atoms with Gasteiger partial charge in [-0.1, -0.05) is 34.1 Å². The van der Waals surface area contributed by atoms with E-state index in [1.54, 1.807) is 0 Å². The lowest BCUT2D eigenvalue weighted by atomic mass is 10.4. The first-order valence-corrected chi connectivity index (χ1v) is 7.08. The quantitative estimate of drug-likeness (QED) is 0.646. The van der Waals surface area contributed by atoms with Gasteiger partial charge in [-0.3, -0.25) is 0 Å². The Labute approximate surface area is 78.3 Å². The molecule has 0 aromatic heterocycles. The number of rotatable bonds is 5. The van der Waals surface area contributed by atoms with E-state index in [-0.39, 0.29) is 0 Å². The molecule has 0 aliphatic rings. The van der Waals surface area contributed by atoms with Crippen molar-refractivity contribution in [1.29, 1.82) is 0 Å². The van der Waals surface area contributed by atoms with Gasteiger partial charge in [0.15, 0.2) is 0 Å². The molecule has 0 amide bonds. The first-order chi connectivity index (χ1) is 5.55. The van der Waals surface area contributed by atoms with Crippen LogP contribution in [0.2, 0.25) is 11.1 Å². The Kier molecular flexibility index (Phi) is 5.05. The van der Waals surface area contributed by atoms with Gasteiger partial charge in [-0.2, -0.15) is 0 Å². The van der Waals surface area contributed by atoms with Gasteiger partial charge in [0.1, 0.15) is 0 Å². The molecule has 0 aliphatic carbocycles. The van der Waals surface area contributed by atoms with Gasteiger partial charge < -0.3 is 9.96 Å². The third kappa shape index (κ3) is 2.09. The SMILES string of the molecule is CCC(C)[Si](NC)(NC)C(C)C. The van der Waals surface area contributed by atoms with Crippen LogP contribution < -0.4 is 9.96 Å². The third-order valence-electron chi connectivity index (χ3n) is 3.13. The van der Waals surface area contributed by atoms with Crippen LogP contribution in [-0.2, 0) is 0 Å². The van der Waals surface area contributed by atoms with Crippen LogP contribution in [-0.4, -0.2) is 22.5 Å². The minimum absolute atomic E-state index is 0.738. The maximum atomic E-state index is 3.54. The normalized spacial score (nSPS) is 15.2. The average molecular weight is 188 g/mol. The van der Waals surface area contributed by atoms with Crippen molar-refractivity contribution in [2.45, 2.75) is 45.2 Å². The third-order valence-corrected chi connectivity index (χ3v) is 8.57. The molecule has 1 atom stereocenters. The highest BCUT2D eigenvalue weighted by molar-refractivity contribution is 6.77. The van der Waals surface area contributed by atoms with Crippen LogP contribution in [0.3, 0.4) is 0 Å². The maximum absolute atomic E-state index is 3.54. The maximum Gasteiger partial charge on any atom is 0.206 e. The van der Waals surface area contributed by atoms with Gasteiger partial charge >= 0.3 is 0 Å². The molecule has 3 heteroatoms. The summed E-state index contributed by atoms with van der Waals surface area (Å²) in [6.07, 6.45) is 1.26. The van der Waals surface area contributed by atoms with Crippen molar-refractivity contribution in [3.63, 3.8) is 0 Å². The highest BCUT2D eigenvalue weighted by atomic mass is 28.3. The lowest BCUT2D eigenvalue weighted by Crippen LogP contribution is -2.64. The highest BCUT2D eigenvalue weighted by Gasteiger charge is 2.38. The Bertz CT molecular complexity index is 122. The smallest absolute Gasteiger partial charge is 0.206 e. The largest absolute Gasteiger partial charge is 0.328 e. The second-order valence-electron chi connectivity index (χ2n) is 3.83. The van der Waals surface area contributed by atoms with Gasteiger partial charge in [0, 0.05) is 0 Å². The monoisotopic (exact) mass is 188 g/mol. The molecular weight excluding hydrogens is 164 g/mol. The predicted molar refractivity (Wildman–Crippen MR) is 58.7 cm³/mol. The van der Waals surface area contributed by atoms with E-state index in [4.69, 9.17) is 0 Å². The molecule has 0 saturated carbocycles. The zero-order valence-electron chi connectivity index (χ0n) is 9.36. The van der Waals surface area contributed by atoms with E-state index in [1.807, 2.05) is 0 Å². The van der Waals surface area contributed by atoms with Crippen LogP contribution in [0.4, 0.5) is 0 Å². The summed E-state index contributed by atoms with van der Waals surface area (Å²) in [5.41, 5.74) is 1.52. The predicted octanol–water partition coefficient (Wildman–Crippen LogP) is 2.08. The van der Waals surface area contributed by atoms with Crippen molar-refractivity contribution in [2.75, 3.05) is 14.1 Å². The molecule has 0 radical (unpaired) electrons. The van der Waals surface area contributed by atoms with E-state index >= 15 is 0 Å². The molecule has 2 nitrogen and oxygen atoms in total. The Hall–Kier alpha value is 0.137. The lowest BCUT2D eigenvalue weighted by Gasteiger charge is -2.39. The van der Waals surface area contributed by atoms with Crippen LogP contribution in [0.1, 0.15) is 34.1 Å². The Balaban J connectivity index is 4.56. The molecule has 12 heavy (non-hydrogen) atoms. The number of hydrogen-bond donors (Lipinski definition) is 2. The zero-order chi connectivity index (χ0) is 9.78. The fraction of sp³-hybridized carbons (Fsp3) is 1.00. The first kappa shape index (κ1) is 12.1. The summed E-state index contributed by atoms with van der Waals surface area (Å²) < 4.78 is 0. The summed E-state index contributed by atoms with van der Waals surface area (Å²) in [5.74, 6) is 0. The fourth-order valence-corrected chi connectivity index (χ4v) is 6.26. The van der Waals surface area contributed by atoms with E-state index in [9.17, 15) is 0 Å². The summed E-state index contributed by atoms with van der Waals surface area (Å²) in [6, 6.07) is 0. The van der Waals surface area contributed by atoms with Gasteiger partial charge in [0.25, 0.3) is 0 Å². The van der Waals surface area contributed by atoms with Crippen LogP contribution in [0, 0.1) is 0 Å². The number of hydrogen-bond acceptors (Lipinski definition) is 2. The standard InChI is InChI=1S/C9H24N2Si/c1-7-9(4)12(10-5,11-6)8(2)3/h8-11H,7H2,1-6H3. The van der Waals surface area contributed by atoms with E-state index < -0.39 is 8.40 Å². The molecule has 0 aliphatic heterocycles. The van der Waals surface area contributed by atoms with E-state index in [2.05, 4.69) is 51.8 Å². The van der Waals surface area contributed by atoms with Crippen molar-refractivity contribution in [3.8, 4) is 0 Å². The number of nitrogens with one attached hydrogen (secondary N) is 2. The molecule has 0 aromatic carbocycles. The Morgan fingerprint density at radius 3 is 1.58 bits per heavy atom. The lowest BCUT2D eigenvalue weighted by molar-refractivity contribution is 0.729. The summed E-state index contributed by atoms with van der Waals surface area (Å²) in [6.45, 7) is 9.24. The van der Waals surface area contributed by atoms with Gasteiger partial charge in [0.2, 0.25) is 8.40 Å². The van der Waals surface area contributed by atoms with Gasteiger partial charge in [-0.15, -0.1) is 0 Å². The average Bonchev–Trinajstić information content (AvgIpc) is 2.06. The molecule has 0 saturated heterocycles. The minimum Gasteiger partial charge on any atom is -0.328 e. The van der Waals surface area contributed by atoms with Crippen LogP contribution in [0.5, 0.6) is 0 Å². The van der Waals surface area contributed by atoms with Crippen LogP contribution in [0.15, 0.2) is 0 Å². The molecular formula is C9H24N2Si. The van der Waals surface area contributed by atoms with Crippen molar-refractivity contribution < 1.29 is 0 Å². The van der Waals surface area contributed by atoms with Crippen molar-refractivity contribution in [2.24, 2.45) is 0 Å². The topological polar surface area (TPSA) is 24.1 Å². The van der Waals surface area contributed by atoms with Crippen molar-refractivity contribution in [1.82, 2.24) is 9.96 Å². The first-order valence-electron chi connectivity index (χ1n) is 4.92. The molecule has 0 heterocycles. The van der Waals surface area contributed by atoms with E-state index in [0.717, 1.165) is 11.1 Å². The van der Waals surface area contributed by atoms with Gasteiger partial charge in [-0.05, 0) is 25.2 Å². The van der Waals surface area contributed by atoms with Crippen LogP contribution in [0.25, 0.3) is 0 Å². The molecule has 0 fully saturated rings. The molecule has 0 aromatic rings. The highest BCUT2D eigenvalue weighted by Crippen LogP contribution is 2.29. The second kappa shape index (κ2) is 4.99.